The van der Waals surface area contributed by atoms with Gasteiger partial charge in [0.05, 0.1) is 15.8 Å². The van der Waals surface area contributed by atoms with Crippen LogP contribution in [0.2, 0.25) is 5.02 Å². The van der Waals surface area contributed by atoms with Crippen LogP contribution in [-0.4, -0.2) is 32.2 Å². The van der Waals surface area contributed by atoms with E-state index in [0.29, 0.717) is 21.9 Å². The molecule has 1 aliphatic carbocycles. The van der Waals surface area contributed by atoms with E-state index in [1.807, 2.05) is 6.92 Å². The van der Waals surface area contributed by atoms with Gasteiger partial charge in [-0.15, -0.1) is 0 Å². The predicted molar refractivity (Wildman–Crippen MR) is 84.6 cm³/mol. The zero-order valence-corrected chi connectivity index (χ0v) is 13.3. The molecule has 1 fully saturated rings. The lowest BCUT2D eigenvalue weighted by molar-refractivity contribution is -0.120. The lowest BCUT2D eigenvalue weighted by Crippen LogP contribution is -2.37. The van der Waals surface area contributed by atoms with Gasteiger partial charge in [0.15, 0.2) is 10.8 Å². The van der Waals surface area contributed by atoms with Gasteiger partial charge in [-0.2, -0.15) is 0 Å². The number of carbonyl (C=O) groups is 1. The highest BCUT2D eigenvalue weighted by molar-refractivity contribution is 8.00. The van der Waals surface area contributed by atoms with Crippen LogP contribution in [0.5, 0.6) is 0 Å². The van der Waals surface area contributed by atoms with Crippen molar-refractivity contribution in [3.63, 3.8) is 0 Å². The van der Waals surface area contributed by atoms with Crippen LogP contribution in [0.15, 0.2) is 17.4 Å². The summed E-state index contributed by atoms with van der Waals surface area (Å²) in [5.74, 6) is 0.0679. The van der Waals surface area contributed by atoms with Crippen LogP contribution >= 0.6 is 23.4 Å². The number of carbonyl (C=O) groups excluding carboxylic acids is 1. The Morgan fingerprint density at radius 1 is 1.52 bits per heavy atom. The van der Waals surface area contributed by atoms with Gasteiger partial charge in [0.1, 0.15) is 0 Å². The monoisotopic (exact) mass is 324 g/mol. The van der Waals surface area contributed by atoms with Crippen LogP contribution in [-0.2, 0) is 4.79 Å². The number of rotatable bonds is 4. The van der Waals surface area contributed by atoms with E-state index >= 15 is 0 Å². The molecule has 0 saturated heterocycles. The van der Waals surface area contributed by atoms with Crippen molar-refractivity contribution < 1.29 is 4.79 Å². The number of aromatic nitrogens is 3. The first-order chi connectivity index (χ1) is 10.1. The molecular weight excluding hydrogens is 308 g/mol. The Hall–Kier alpha value is -1.27. The number of H-pyrrole nitrogens is 1. The van der Waals surface area contributed by atoms with Crippen molar-refractivity contribution in [2.45, 2.75) is 49.1 Å². The highest BCUT2D eigenvalue weighted by Gasteiger charge is 2.22. The van der Waals surface area contributed by atoms with Gasteiger partial charge in [-0.3, -0.25) is 4.79 Å². The van der Waals surface area contributed by atoms with Crippen LogP contribution < -0.4 is 5.32 Å². The first-order valence-electron chi connectivity index (χ1n) is 7.10. The molecule has 1 saturated carbocycles. The number of aromatic amines is 1. The van der Waals surface area contributed by atoms with Crippen LogP contribution in [0.1, 0.15) is 32.6 Å². The molecule has 0 radical (unpaired) electrons. The van der Waals surface area contributed by atoms with Gasteiger partial charge >= 0.3 is 0 Å². The zero-order valence-electron chi connectivity index (χ0n) is 11.7. The van der Waals surface area contributed by atoms with Gasteiger partial charge in [-0.1, -0.05) is 36.2 Å². The average Bonchev–Trinajstić information content (AvgIpc) is 3.07. The Bertz CT molecular complexity index is 653. The first-order valence-corrected chi connectivity index (χ1v) is 8.36. The van der Waals surface area contributed by atoms with E-state index in [4.69, 9.17) is 11.6 Å². The molecule has 2 heterocycles. The maximum Gasteiger partial charge on any atom is 0.233 e. The summed E-state index contributed by atoms with van der Waals surface area (Å²) in [7, 11) is 0. The summed E-state index contributed by atoms with van der Waals surface area (Å²) in [4.78, 5) is 23.8. The number of thioether (sulfide) groups is 1. The molecular formula is C14H17ClN4OS. The number of nitrogens with zero attached hydrogens (tertiary/aromatic N) is 2. The number of hydrogen-bond donors (Lipinski definition) is 2. The quantitative estimate of drug-likeness (QED) is 0.848. The number of hydrogen-bond acceptors (Lipinski definition) is 4. The molecule has 0 spiro atoms. The van der Waals surface area contributed by atoms with E-state index in [0.717, 1.165) is 18.4 Å². The Morgan fingerprint density at radius 3 is 3.05 bits per heavy atom. The van der Waals surface area contributed by atoms with E-state index < -0.39 is 0 Å². The van der Waals surface area contributed by atoms with Crippen molar-refractivity contribution in [1.29, 1.82) is 0 Å². The third-order valence-electron chi connectivity index (χ3n) is 3.64. The van der Waals surface area contributed by atoms with Crippen molar-refractivity contribution in [2.75, 3.05) is 0 Å². The van der Waals surface area contributed by atoms with Crippen LogP contribution in [0.3, 0.4) is 0 Å². The maximum absolute atomic E-state index is 12.2. The van der Waals surface area contributed by atoms with E-state index in [-0.39, 0.29) is 11.2 Å². The Balaban J connectivity index is 1.64. The highest BCUT2D eigenvalue weighted by Crippen LogP contribution is 2.25. The van der Waals surface area contributed by atoms with Crippen molar-refractivity contribution in [3.05, 3.63) is 17.3 Å². The van der Waals surface area contributed by atoms with E-state index in [1.165, 1.54) is 24.6 Å². The van der Waals surface area contributed by atoms with Gasteiger partial charge in [-0.25, -0.2) is 9.97 Å². The molecule has 0 aliphatic heterocycles. The Morgan fingerprint density at radius 2 is 2.29 bits per heavy atom. The molecule has 2 N–H and O–H groups in total. The lowest BCUT2D eigenvalue weighted by atomic mass is 10.2. The molecule has 21 heavy (non-hydrogen) atoms. The molecule has 112 valence electrons. The van der Waals surface area contributed by atoms with Crippen molar-refractivity contribution >= 4 is 40.4 Å². The minimum atomic E-state index is -0.193. The molecule has 5 nitrogen and oxygen atoms in total. The molecule has 1 aliphatic rings. The number of amides is 1. The summed E-state index contributed by atoms with van der Waals surface area (Å²) >= 11 is 7.30. The summed E-state index contributed by atoms with van der Waals surface area (Å²) in [6.45, 7) is 1.89. The SMILES string of the molecule is C[C@H](Sc1nc2ncc(Cl)cc2[nH]1)C(=O)NC1CCCC1. The third-order valence-corrected chi connectivity index (χ3v) is 4.83. The number of pyridine rings is 1. The molecule has 3 rings (SSSR count). The summed E-state index contributed by atoms with van der Waals surface area (Å²) in [5.41, 5.74) is 1.40. The van der Waals surface area contributed by atoms with E-state index in [1.54, 1.807) is 12.3 Å². The standard InChI is InChI=1S/C14H17ClN4OS/c1-8(13(20)17-10-4-2-3-5-10)21-14-18-11-6-9(15)7-16-12(11)19-14/h6-8,10H,2-5H2,1H3,(H,17,20)(H,16,18,19)/t8-/m0/s1. The van der Waals surface area contributed by atoms with Crippen molar-refractivity contribution in [3.8, 4) is 0 Å². The number of nitrogens with one attached hydrogen (secondary N) is 2. The number of halogens is 1. The van der Waals surface area contributed by atoms with Crippen LogP contribution in [0.4, 0.5) is 0 Å². The number of fused-ring (bicyclic) bond motifs is 1. The summed E-state index contributed by atoms with van der Waals surface area (Å²) in [6, 6.07) is 2.13. The molecule has 0 aromatic carbocycles. The molecule has 0 unspecified atom stereocenters. The van der Waals surface area contributed by atoms with Crippen LogP contribution in [0, 0.1) is 0 Å². The molecule has 1 amide bonds. The van der Waals surface area contributed by atoms with Gasteiger partial charge in [0.2, 0.25) is 5.91 Å². The largest absolute Gasteiger partial charge is 0.352 e. The molecule has 7 heteroatoms. The summed E-state index contributed by atoms with van der Waals surface area (Å²) in [6.07, 6.45) is 6.17. The minimum absolute atomic E-state index is 0.0679. The normalized spacial score (nSPS) is 17.2. The molecule has 2 aromatic rings. The number of imidazole rings is 1. The Labute approximate surface area is 132 Å². The second-order valence-corrected chi connectivity index (χ2v) is 7.08. The van der Waals surface area contributed by atoms with Crippen molar-refractivity contribution in [1.82, 2.24) is 20.3 Å². The summed E-state index contributed by atoms with van der Waals surface area (Å²) in [5, 5.41) is 4.16. The molecule has 2 aromatic heterocycles. The lowest BCUT2D eigenvalue weighted by Gasteiger charge is -2.15. The fourth-order valence-electron chi connectivity index (χ4n) is 2.52. The summed E-state index contributed by atoms with van der Waals surface area (Å²) < 4.78 is 0. The van der Waals surface area contributed by atoms with E-state index in [2.05, 4.69) is 20.3 Å². The minimum Gasteiger partial charge on any atom is -0.352 e. The zero-order chi connectivity index (χ0) is 14.8. The fraction of sp³-hybridized carbons (Fsp3) is 0.500. The second kappa shape index (κ2) is 6.23. The first kappa shape index (κ1) is 14.7. The second-order valence-electron chi connectivity index (χ2n) is 5.32. The molecule has 1 atom stereocenters. The third kappa shape index (κ3) is 3.49. The Kier molecular flexibility index (Phi) is 4.35. The smallest absolute Gasteiger partial charge is 0.233 e. The van der Waals surface area contributed by atoms with Gasteiger partial charge in [-0.05, 0) is 25.8 Å². The van der Waals surface area contributed by atoms with Gasteiger partial charge in [0, 0.05) is 12.2 Å². The topological polar surface area (TPSA) is 70.7 Å². The van der Waals surface area contributed by atoms with Crippen LogP contribution in [0.25, 0.3) is 11.2 Å². The van der Waals surface area contributed by atoms with E-state index in [9.17, 15) is 4.79 Å². The van der Waals surface area contributed by atoms with Gasteiger partial charge < -0.3 is 10.3 Å². The highest BCUT2D eigenvalue weighted by atomic mass is 35.5. The maximum atomic E-state index is 12.2. The molecule has 0 bridgehead atoms. The average molecular weight is 325 g/mol. The van der Waals surface area contributed by atoms with Gasteiger partial charge in [0.25, 0.3) is 0 Å². The van der Waals surface area contributed by atoms with Crippen molar-refractivity contribution in [2.24, 2.45) is 0 Å². The fourth-order valence-corrected chi connectivity index (χ4v) is 3.49. The predicted octanol–water partition coefficient (Wildman–Crippen LogP) is 3.15.